The van der Waals surface area contributed by atoms with Crippen LogP contribution in [0.2, 0.25) is 5.02 Å². The fourth-order valence-electron chi connectivity index (χ4n) is 1.92. The molecule has 0 aromatic carbocycles. The third-order valence-electron chi connectivity index (χ3n) is 3.34. The Hall–Kier alpha value is -0.840. The van der Waals surface area contributed by atoms with Crippen LogP contribution in [-0.4, -0.2) is 42.7 Å². The molecule has 1 aromatic rings. The smallest absolute Gasteiger partial charge is 0.213 e. The highest BCUT2D eigenvalue weighted by molar-refractivity contribution is 6.31. The number of halogens is 1. The maximum Gasteiger partial charge on any atom is 0.213 e. The van der Waals surface area contributed by atoms with Gasteiger partial charge < -0.3 is 15.0 Å². The van der Waals surface area contributed by atoms with E-state index in [0.717, 1.165) is 31.2 Å². The molecular formula is C14H22ClN3O. The average molecular weight is 284 g/mol. The van der Waals surface area contributed by atoms with Crippen LogP contribution in [-0.2, 0) is 6.54 Å². The van der Waals surface area contributed by atoms with Gasteiger partial charge in [0.15, 0.2) is 0 Å². The Kier molecular flexibility index (Phi) is 5.43. The van der Waals surface area contributed by atoms with Crippen molar-refractivity contribution in [2.24, 2.45) is 0 Å². The minimum atomic E-state index is 0.654. The van der Waals surface area contributed by atoms with E-state index in [-0.39, 0.29) is 0 Å². The first-order chi connectivity index (χ1) is 9.20. The van der Waals surface area contributed by atoms with E-state index in [1.807, 2.05) is 6.07 Å². The summed E-state index contributed by atoms with van der Waals surface area (Å²) < 4.78 is 5.69. The first kappa shape index (κ1) is 14.6. The number of pyridine rings is 1. The molecule has 1 saturated carbocycles. The first-order valence-corrected chi connectivity index (χ1v) is 7.26. The molecule has 4 nitrogen and oxygen atoms in total. The highest BCUT2D eigenvalue weighted by atomic mass is 35.5. The van der Waals surface area contributed by atoms with Crippen molar-refractivity contribution < 1.29 is 4.74 Å². The van der Waals surface area contributed by atoms with Crippen molar-refractivity contribution in [1.82, 2.24) is 15.2 Å². The second-order valence-corrected chi connectivity index (χ2v) is 5.36. The van der Waals surface area contributed by atoms with Crippen molar-refractivity contribution in [3.8, 4) is 5.88 Å². The average Bonchev–Trinajstić information content (AvgIpc) is 3.23. The third kappa shape index (κ3) is 4.64. The first-order valence-electron chi connectivity index (χ1n) is 6.89. The van der Waals surface area contributed by atoms with E-state index in [1.54, 1.807) is 6.20 Å². The molecule has 2 rings (SSSR count). The quantitative estimate of drug-likeness (QED) is 0.794. The molecule has 0 aliphatic heterocycles. The molecule has 0 radical (unpaired) electrons. The molecule has 0 spiro atoms. The predicted octanol–water partition coefficient (Wildman–Crippen LogP) is 2.32. The van der Waals surface area contributed by atoms with Crippen LogP contribution < -0.4 is 10.1 Å². The fraction of sp³-hybridized carbons (Fsp3) is 0.643. The van der Waals surface area contributed by atoms with Gasteiger partial charge >= 0.3 is 0 Å². The van der Waals surface area contributed by atoms with Crippen LogP contribution in [0.1, 0.15) is 25.3 Å². The summed E-state index contributed by atoms with van der Waals surface area (Å²) in [6, 6.07) is 2.69. The summed E-state index contributed by atoms with van der Waals surface area (Å²) in [5.74, 6) is 0.654. The van der Waals surface area contributed by atoms with Crippen LogP contribution in [0.5, 0.6) is 5.88 Å². The topological polar surface area (TPSA) is 37.4 Å². The molecule has 0 saturated heterocycles. The molecule has 1 aliphatic carbocycles. The maximum atomic E-state index is 6.10. The number of hydrogen-bond donors (Lipinski definition) is 1. The Morgan fingerprint density at radius 1 is 1.53 bits per heavy atom. The van der Waals surface area contributed by atoms with Crippen molar-refractivity contribution in [1.29, 1.82) is 0 Å². The molecule has 1 aliphatic rings. The summed E-state index contributed by atoms with van der Waals surface area (Å²) in [5, 5.41) is 3.94. The van der Waals surface area contributed by atoms with Crippen LogP contribution in [0.25, 0.3) is 0 Å². The summed E-state index contributed by atoms with van der Waals surface area (Å²) in [6.07, 6.45) is 4.30. The number of rotatable bonds is 8. The number of nitrogens with zero attached hydrogens (tertiary/aromatic N) is 2. The zero-order valence-corrected chi connectivity index (χ0v) is 12.4. The van der Waals surface area contributed by atoms with Crippen LogP contribution in [0.3, 0.4) is 0 Å². The number of likely N-dealkylation sites (N-methyl/N-ethyl adjacent to an activating group) is 1. The van der Waals surface area contributed by atoms with E-state index < -0.39 is 0 Å². The van der Waals surface area contributed by atoms with E-state index in [0.29, 0.717) is 17.5 Å². The summed E-state index contributed by atoms with van der Waals surface area (Å²) in [7, 11) is 2.15. The molecule has 0 bridgehead atoms. The van der Waals surface area contributed by atoms with E-state index in [1.165, 1.54) is 12.8 Å². The monoisotopic (exact) mass is 283 g/mol. The molecule has 1 heterocycles. The van der Waals surface area contributed by atoms with Gasteiger partial charge in [-0.1, -0.05) is 18.5 Å². The van der Waals surface area contributed by atoms with Gasteiger partial charge in [0.25, 0.3) is 0 Å². The van der Waals surface area contributed by atoms with Gasteiger partial charge in [0.05, 0.1) is 5.02 Å². The van der Waals surface area contributed by atoms with Crippen LogP contribution in [0.4, 0.5) is 0 Å². The Morgan fingerprint density at radius 3 is 3.00 bits per heavy atom. The van der Waals surface area contributed by atoms with Gasteiger partial charge in [-0.3, -0.25) is 0 Å². The van der Waals surface area contributed by atoms with Crippen LogP contribution >= 0.6 is 11.6 Å². The number of ether oxygens (including phenoxy) is 1. The van der Waals surface area contributed by atoms with Crippen LogP contribution in [0.15, 0.2) is 12.3 Å². The van der Waals surface area contributed by atoms with E-state index >= 15 is 0 Å². The molecule has 0 atom stereocenters. The summed E-state index contributed by atoms with van der Waals surface area (Å²) in [4.78, 5) is 6.55. The van der Waals surface area contributed by atoms with Gasteiger partial charge in [0.2, 0.25) is 5.88 Å². The zero-order chi connectivity index (χ0) is 13.7. The molecular weight excluding hydrogens is 262 g/mol. The zero-order valence-electron chi connectivity index (χ0n) is 11.7. The lowest BCUT2D eigenvalue weighted by Gasteiger charge is -2.15. The molecule has 5 heteroatoms. The molecule has 1 N–H and O–H groups in total. The van der Waals surface area contributed by atoms with E-state index in [4.69, 9.17) is 16.3 Å². The predicted molar refractivity (Wildman–Crippen MR) is 77.8 cm³/mol. The Balaban J connectivity index is 1.81. The van der Waals surface area contributed by atoms with E-state index in [9.17, 15) is 0 Å². The standard InChI is InChI=1S/C14H22ClN3O/c1-3-16-9-11-8-14(17-10-13(11)15)19-7-6-18(2)12-4-5-12/h8,10,12,16H,3-7,9H2,1-2H3. The molecule has 1 aromatic heterocycles. The van der Waals surface area contributed by atoms with Gasteiger partial charge in [0.1, 0.15) is 6.61 Å². The number of hydrogen-bond acceptors (Lipinski definition) is 4. The Morgan fingerprint density at radius 2 is 2.32 bits per heavy atom. The fourth-order valence-corrected chi connectivity index (χ4v) is 2.09. The van der Waals surface area contributed by atoms with Gasteiger partial charge in [0, 0.05) is 31.4 Å². The molecule has 1 fully saturated rings. The molecule has 0 unspecified atom stereocenters. The number of nitrogens with one attached hydrogen (secondary N) is 1. The minimum Gasteiger partial charge on any atom is -0.476 e. The number of aromatic nitrogens is 1. The van der Waals surface area contributed by atoms with Crippen molar-refractivity contribution in [3.63, 3.8) is 0 Å². The molecule has 0 amide bonds. The lowest BCUT2D eigenvalue weighted by Crippen LogP contribution is -2.26. The van der Waals surface area contributed by atoms with Crippen molar-refractivity contribution >= 4 is 11.6 Å². The molecule has 106 valence electrons. The highest BCUT2D eigenvalue weighted by Gasteiger charge is 2.25. The minimum absolute atomic E-state index is 0.654. The second kappa shape index (κ2) is 7.08. The lowest BCUT2D eigenvalue weighted by molar-refractivity contribution is 0.226. The SMILES string of the molecule is CCNCc1cc(OCCN(C)C2CC2)ncc1Cl. The van der Waals surface area contributed by atoms with Crippen molar-refractivity contribution in [3.05, 3.63) is 22.8 Å². The summed E-state index contributed by atoms with van der Waals surface area (Å²) in [5.41, 5.74) is 1.03. The normalized spacial score (nSPS) is 14.9. The van der Waals surface area contributed by atoms with Crippen molar-refractivity contribution in [2.45, 2.75) is 32.4 Å². The van der Waals surface area contributed by atoms with Gasteiger partial charge in [-0.15, -0.1) is 0 Å². The largest absolute Gasteiger partial charge is 0.476 e. The Bertz CT molecular complexity index is 410. The summed E-state index contributed by atoms with van der Waals surface area (Å²) in [6.45, 7) is 5.34. The molecule has 19 heavy (non-hydrogen) atoms. The third-order valence-corrected chi connectivity index (χ3v) is 3.68. The Labute approximate surface area is 120 Å². The highest BCUT2D eigenvalue weighted by Crippen LogP contribution is 2.25. The van der Waals surface area contributed by atoms with Crippen LogP contribution in [0, 0.1) is 0 Å². The van der Waals surface area contributed by atoms with Gasteiger partial charge in [-0.05, 0) is 32.0 Å². The van der Waals surface area contributed by atoms with E-state index in [2.05, 4.69) is 29.2 Å². The maximum absolute atomic E-state index is 6.10. The lowest BCUT2D eigenvalue weighted by atomic mass is 10.2. The second-order valence-electron chi connectivity index (χ2n) is 4.95. The van der Waals surface area contributed by atoms with Crippen molar-refractivity contribution in [2.75, 3.05) is 26.7 Å². The van der Waals surface area contributed by atoms with Gasteiger partial charge in [-0.25, -0.2) is 4.98 Å². The summed E-state index contributed by atoms with van der Waals surface area (Å²) >= 11 is 6.10. The van der Waals surface area contributed by atoms with Gasteiger partial charge in [-0.2, -0.15) is 0 Å².